The molecular formula is C66H60N2O4. The molecule has 6 nitrogen and oxygen atoms in total. The Morgan fingerprint density at radius 3 is 1.03 bits per heavy atom. The lowest BCUT2D eigenvalue weighted by Crippen LogP contribution is -2.45. The zero-order valence-electron chi connectivity index (χ0n) is 41.2. The summed E-state index contributed by atoms with van der Waals surface area (Å²) in [5.41, 5.74) is 11.5. The Morgan fingerprint density at radius 1 is 0.375 bits per heavy atom. The zero-order chi connectivity index (χ0) is 48.5. The van der Waals surface area contributed by atoms with Gasteiger partial charge in [0.15, 0.2) is 0 Å². The summed E-state index contributed by atoms with van der Waals surface area (Å²) in [7, 11) is 0. The molecule has 0 unspecified atom stereocenters. The van der Waals surface area contributed by atoms with Crippen molar-refractivity contribution in [3.05, 3.63) is 217 Å². The molecule has 0 atom stereocenters. The van der Waals surface area contributed by atoms with Gasteiger partial charge in [-0.1, -0.05) is 159 Å². The molecule has 0 amide bonds. The highest BCUT2D eigenvalue weighted by molar-refractivity contribution is 6.16. The van der Waals surface area contributed by atoms with E-state index in [0.29, 0.717) is 13.2 Å². The third-order valence-corrected chi connectivity index (χ3v) is 15.4. The molecule has 2 aliphatic rings. The molecule has 10 aromatic rings. The normalized spacial score (nSPS) is 14.9. The minimum Gasteiger partial charge on any atom is -0.380 e. The SMILES string of the molecule is CCC1(COCc2ccc(N(c3ccc(-c4ccc(N(c5ccc(COCC6(CC)COC6)cc5)c5cc6ccccc6c6ccccc56)cc4)cc3)c3cc4ccccc4c4ccccc34)cc2)COC1. The Labute approximate surface area is 423 Å². The number of hydrogen-bond donors (Lipinski definition) is 0. The molecule has 12 rings (SSSR count). The molecule has 358 valence electrons. The molecule has 0 saturated carbocycles. The Bertz CT molecular complexity index is 3260. The highest BCUT2D eigenvalue weighted by Crippen LogP contribution is 2.45. The molecular weight excluding hydrogens is 885 g/mol. The van der Waals surface area contributed by atoms with Crippen molar-refractivity contribution in [2.24, 2.45) is 10.8 Å². The van der Waals surface area contributed by atoms with Gasteiger partial charge in [-0.15, -0.1) is 0 Å². The molecule has 2 heterocycles. The summed E-state index contributed by atoms with van der Waals surface area (Å²) in [6.45, 7) is 10.2. The van der Waals surface area contributed by atoms with E-state index in [0.717, 1.165) is 109 Å². The van der Waals surface area contributed by atoms with Gasteiger partial charge in [0.05, 0.1) is 64.2 Å². The number of ether oxygens (including phenoxy) is 4. The second kappa shape index (κ2) is 19.7. The van der Waals surface area contributed by atoms with Gasteiger partial charge < -0.3 is 28.7 Å². The van der Waals surface area contributed by atoms with Crippen molar-refractivity contribution in [3.63, 3.8) is 0 Å². The summed E-state index contributed by atoms with van der Waals surface area (Å²) >= 11 is 0. The maximum Gasteiger partial charge on any atom is 0.0717 e. The molecule has 2 aliphatic heterocycles. The van der Waals surface area contributed by atoms with Gasteiger partial charge in [-0.05, 0) is 128 Å². The molecule has 10 aromatic carbocycles. The predicted octanol–water partition coefficient (Wildman–Crippen LogP) is 16.8. The molecule has 0 N–H and O–H groups in total. The molecule has 2 saturated heterocycles. The lowest BCUT2D eigenvalue weighted by Gasteiger charge is -2.40. The molecule has 2 fully saturated rings. The number of hydrogen-bond acceptors (Lipinski definition) is 6. The monoisotopic (exact) mass is 944 g/mol. The molecule has 72 heavy (non-hydrogen) atoms. The van der Waals surface area contributed by atoms with Gasteiger partial charge in [-0.3, -0.25) is 0 Å². The molecule has 0 spiro atoms. The van der Waals surface area contributed by atoms with Crippen LogP contribution in [0.2, 0.25) is 0 Å². The van der Waals surface area contributed by atoms with Crippen molar-refractivity contribution >= 4 is 77.2 Å². The van der Waals surface area contributed by atoms with Crippen molar-refractivity contribution < 1.29 is 18.9 Å². The summed E-state index contributed by atoms with van der Waals surface area (Å²) in [6.07, 6.45) is 2.13. The number of rotatable bonds is 17. The van der Waals surface area contributed by atoms with E-state index in [-0.39, 0.29) is 10.8 Å². The quantitative estimate of drug-likeness (QED) is 0.0848. The van der Waals surface area contributed by atoms with Gasteiger partial charge in [0.25, 0.3) is 0 Å². The van der Waals surface area contributed by atoms with Crippen LogP contribution in [0.5, 0.6) is 0 Å². The summed E-state index contributed by atoms with van der Waals surface area (Å²) < 4.78 is 23.6. The van der Waals surface area contributed by atoms with Crippen LogP contribution in [0.4, 0.5) is 34.1 Å². The minimum absolute atomic E-state index is 0.156. The first-order valence-corrected chi connectivity index (χ1v) is 25.6. The Morgan fingerprint density at radius 2 is 0.694 bits per heavy atom. The summed E-state index contributed by atoms with van der Waals surface area (Å²) in [5.74, 6) is 0. The second-order valence-corrected chi connectivity index (χ2v) is 20.1. The fourth-order valence-electron chi connectivity index (χ4n) is 10.7. The summed E-state index contributed by atoms with van der Waals surface area (Å²) in [4.78, 5) is 4.80. The topological polar surface area (TPSA) is 43.4 Å². The van der Waals surface area contributed by atoms with Crippen LogP contribution in [-0.4, -0.2) is 39.6 Å². The van der Waals surface area contributed by atoms with Crippen molar-refractivity contribution in [2.45, 2.75) is 39.9 Å². The van der Waals surface area contributed by atoms with Crippen molar-refractivity contribution in [2.75, 3.05) is 49.4 Å². The van der Waals surface area contributed by atoms with E-state index in [4.69, 9.17) is 18.9 Å². The van der Waals surface area contributed by atoms with Crippen LogP contribution in [0.15, 0.2) is 206 Å². The summed E-state index contributed by atoms with van der Waals surface area (Å²) in [6, 6.07) is 75.4. The lowest BCUT2D eigenvalue weighted by molar-refractivity contribution is -0.152. The van der Waals surface area contributed by atoms with Gasteiger partial charge in [-0.25, -0.2) is 0 Å². The maximum absolute atomic E-state index is 6.27. The first-order chi connectivity index (χ1) is 35.5. The van der Waals surface area contributed by atoms with Crippen molar-refractivity contribution in [1.82, 2.24) is 0 Å². The van der Waals surface area contributed by atoms with E-state index in [9.17, 15) is 0 Å². The standard InChI is InChI=1S/C66H60N2O4/c1-3-65(43-71-44-65)41-69-39-47-21-29-53(30-22-47)67(63-37-51-13-5-7-15-57(51)59-17-9-11-19-61(59)63)55-33-25-49(26-34-55)50-27-35-56(36-28-50)68(54-31-23-48(24-32-54)40-70-42-66(4-2)45-72-46-66)64-38-52-14-6-8-16-58(52)60-18-10-12-20-62(60)64/h5-38H,3-4,39-46H2,1-2H3. The molecule has 6 heteroatoms. The third kappa shape index (κ3) is 8.79. The van der Waals surface area contributed by atoms with E-state index in [1.807, 2.05) is 0 Å². The molecule has 0 aliphatic carbocycles. The predicted molar refractivity (Wildman–Crippen MR) is 298 cm³/mol. The lowest BCUT2D eigenvalue weighted by atomic mass is 9.84. The van der Waals surface area contributed by atoms with Crippen LogP contribution in [-0.2, 0) is 32.2 Å². The van der Waals surface area contributed by atoms with E-state index < -0.39 is 0 Å². The fourth-order valence-corrected chi connectivity index (χ4v) is 10.7. The number of nitrogens with zero attached hydrogens (tertiary/aromatic N) is 2. The van der Waals surface area contributed by atoms with E-state index in [1.165, 1.54) is 43.1 Å². The van der Waals surface area contributed by atoms with Crippen molar-refractivity contribution in [1.29, 1.82) is 0 Å². The second-order valence-electron chi connectivity index (χ2n) is 20.1. The largest absolute Gasteiger partial charge is 0.380 e. The average molecular weight is 945 g/mol. The number of anilines is 6. The minimum atomic E-state index is 0.156. The fraction of sp³-hybridized carbons (Fsp3) is 0.212. The highest BCUT2D eigenvalue weighted by atomic mass is 16.5. The van der Waals surface area contributed by atoms with Gasteiger partial charge in [-0.2, -0.15) is 0 Å². The van der Waals surface area contributed by atoms with Gasteiger partial charge in [0.2, 0.25) is 0 Å². The van der Waals surface area contributed by atoms with Crippen LogP contribution in [0.1, 0.15) is 37.8 Å². The Balaban J connectivity index is 0.875. The van der Waals surface area contributed by atoms with Crippen LogP contribution in [0.3, 0.4) is 0 Å². The number of fused-ring (bicyclic) bond motifs is 6. The number of benzene rings is 10. The third-order valence-electron chi connectivity index (χ3n) is 15.4. The maximum atomic E-state index is 6.27. The first-order valence-electron chi connectivity index (χ1n) is 25.6. The van der Waals surface area contributed by atoms with Crippen LogP contribution >= 0.6 is 0 Å². The van der Waals surface area contributed by atoms with Gasteiger partial charge >= 0.3 is 0 Å². The first kappa shape index (κ1) is 45.8. The van der Waals surface area contributed by atoms with Crippen LogP contribution < -0.4 is 9.80 Å². The van der Waals surface area contributed by atoms with Gasteiger partial charge in [0, 0.05) is 44.4 Å². The van der Waals surface area contributed by atoms with Crippen molar-refractivity contribution in [3.8, 4) is 11.1 Å². The van der Waals surface area contributed by atoms with Gasteiger partial charge in [0.1, 0.15) is 0 Å². The van der Waals surface area contributed by atoms with E-state index in [1.54, 1.807) is 0 Å². The van der Waals surface area contributed by atoms with E-state index in [2.05, 4.69) is 230 Å². The highest BCUT2D eigenvalue weighted by Gasteiger charge is 2.38. The Hall–Kier alpha value is -7.32. The summed E-state index contributed by atoms with van der Waals surface area (Å²) in [5, 5.41) is 9.78. The Kier molecular flexibility index (Phi) is 12.5. The van der Waals surface area contributed by atoms with Crippen LogP contribution in [0, 0.1) is 10.8 Å². The van der Waals surface area contributed by atoms with E-state index >= 15 is 0 Å². The van der Waals surface area contributed by atoms with Crippen LogP contribution in [0.25, 0.3) is 54.2 Å². The smallest absolute Gasteiger partial charge is 0.0717 e. The molecule has 0 bridgehead atoms. The average Bonchev–Trinajstić information content (AvgIpc) is 3.41. The molecule has 0 aromatic heterocycles. The molecule has 0 radical (unpaired) electrons. The zero-order valence-corrected chi connectivity index (χ0v) is 41.2.